The first-order chi connectivity index (χ1) is 9.16. The van der Waals surface area contributed by atoms with Crippen LogP contribution in [0.2, 0.25) is 0 Å². The summed E-state index contributed by atoms with van der Waals surface area (Å²) in [7, 11) is -1.66. The zero-order chi connectivity index (χ0) is 15.5. The molecule has 0 saturated heterocycles. The van der Waals surface area contributed by atoms with Crippen LogP contribution in [0.15, 0.2) is 23.1 Å². The van der Waals surface area contributed by atoms with Crippen molar-refractivity contribution in [3.63, 3.8) is 0 Å². The number of methoxy groups -OCH3 is 1. The molecule has 0 radical (unpaired) electrons. The molecule has 6 nitrogen and oxygen atoms in total. The Balaban J connectivity index is 3.19. The molecule has 2 N–H and O–H groups in total. The van der Waals surface area contributed by atoms with Gasteiger partial charge in [-0.15, -0.1) is 0 Å². The van der Waals surface area contributed by atoms with Crippen LogP contribution in [-0.2, 0) is 10.0 Å². The molecule has 1 aromatic rings. The van der Waals surface area contributed by atoms with Gasteiger partial charge in [0.1, 0.15) is 10.6 Å². The van der Waals surface area contributed by atoms with Crippen LogP contribution in [0.4, 0.5) is 8.78 Å². The highest BCUT2D eigenvalue weighted by atomic mass is 32.2. The van der Waals surface area contributed by atoms with Crippen LogP contribution >= 0.6 is 0 Å². The van der Waals surface area contributed by atoms with Gasteiger partial charge in [-0.2, -0.15) is 0 Å². The summed E-state index contributed by atoms with van der Waals surface area (Å²) in [4.78, 5) is 12.3. The van der Waals surface area contributed by atoms with E-state index in [1.54, 1.807) is 0 Å². The van der Waals surface area contributed by atoms with Crippen molar-refractivity contribution in [2.45, 2.75) is 11.3 Å². The summed E-state index contributed by atoms with van der Waals surface area (Å²) in [6, 6.07) is 3.51. The van der Waals surface area contributed by atoms with E-state index in [0.29, 0.717) is 0 Å². The molecule has 1 amide bonds. The maximum absolute atomic E-state index is 12.2. The van der Waals surface area contributed by atoms with Gasteiger partial charge in [0.25, 0.3) is 12.3 Å². The number of nitrogens with zero attached hydrogens (tertiary/aromatic N) is 1. The molecule has 0 saturated carbocycles. The molecule has 0 heterocycles. The molecule has 0 atom stereocenters. The van der Waals surface area contributed by atoms with Crippen LogP contribution in [0.1, 0.15) is 10.4 Å². The number of carbonyl (C=O) groups is 1. The maximum atomic E-state index is 12.2. The second-order valence-corrected chi connectivity index (χ2v) is 5.52. The Labute approximate surface area is 115 Å². The molecular weight excluding hydrogens is 294 g/mol. The summed E-state index contributed by atoms with van der Waals surface area (Å²) in [5, 5.41) is 5.01. The van der Waals surface area contributed by atoms with Crippen LogP contribution in [0.25, 0.3) is 0 Å². The molecule has 1 aromatic carbocycles. The number of rotatable bonds is 5. The number of hydrogen-bond acceptors (Lipinski definition) is 4. The lowest BCUT2D eigenvalue weighted by Gasteiger charge is -2.17. The topological polar surface area (TPSA) is 89.7 Å². The van der Waals surface area contributed by atoms with Gasteiger partial charge in [0.15, 0.2) is 0 Å². The number of alkyl halides is 2. The summed E-state index contributed by atoms with van der Waals surface area (Å²) in [5.74, 6) is -0.765. The summed E-state index contributed by atoms with van der Waals surface area (Å²) in [6.45, 7) is -0.754. The third-order valence-corrected chi connectivity index (χ3v) is 3.41. The molecule has 0 unspecified atom stereocenters. The van der Waals surface area contributed by atoms with E-state index in [4.69, 9.17) is 9.88 Å². The number of primary sulfonamides is 1. The van der Waals surface area contributed by atoms with Gasteiger partial charge in [0.2, 0.25) is 10.0 Å². The van der Waals surface area contributed by atoms with E-state index >= 15 is 0 Å². The first-order valence-electron chi connectivity index (χ1n) is 5.41. The fourth-order valence-electron chi connectivity index (χ4n) is 1.54. The average Bonchev–Trinajstić information content (AvgIpc) is 2.35. The van der Waals surface area contributed by atoms with Crippen molar-refractivity contribution >= 4 is 15.9 Å². The lowest BCUT2D eigenvalue weighted by molar-refractivity contribution is 0.0620. The minimum absolute atomic E-state index is 0.0273. The van der Waals surface area contributed by atoms with E-state index in [0.717, 1.165) is 11.0 Å². The van der Waals surface area contributed by atoms with Crippen molar-refractivity contribution in [3.05, 3.63) is 23.8 Å². The number of ether oxygens (including phenoxy) is 1. The number of sulfonamides is 1. The molecule has 9 heteroatoms. The number of amides is 1. The summed E-state index contributed by atoms with van der Waals surface area (Å²) in [6.07, 6.45) is -2.68. The molecule has 0 spiro atoms. The molecule has 0 aliphatic carbocycles. The third kappa shape index (κ3) is 3.87. The van der Waals surface area contributed by atoms with Crippen LogP contribution in [0.5, 0.6) is 5.75 Å². The summed E-state index contributed by atoms with van der Waals surface area (Å²) < 4.78 is 52.0. The van der Waals surface area contributed by atoms with Gasteiger partial charge in [-0.1, -0.05) is 0 Å². The smallest absolute Gasteiger partial charge is 0.255 e. The monoisotopic (exact) mass is 308 g/mol. The SMILES string of the molecule is COc1ccc(C(=O)N(C)CC(F)F)cc1S(N)(=O)=O. The maximum Gasteiger partial charge on any atom is 0.255 e. The van der Waals surface area contributed by atoms with E-state index in [1.807, 2.05) is 0 Å². The normalized spacial score (nSPS) is 11.5. The third-order valence-electron chi connectivity index (χ3n) is 2.48. The molecule has 112 valence electrons. The molecule has 0 bridgehead atoms. The zero-order valence-electron chi connectivity index (χ0n) is 10.8. The van der Waals surface area contributed by atoms with Crippen molar-refractivity contribution in [2.75, 3.05) is 20.7 Å². The average molecular weight is 308 g/mol. The predicted molar refractivity (Wildman–Crippen MR) is 67.3 cm³/mol. The van der Waals surface area contributed by atoms with E-state index in [-0.39, 0.29) is 16.2 Å². The van der Waals surface area contributed by atoms with E-state index in [1.165, 1.54) is 26.3 Å². The quantitative estimate of drug-likeness (QED) is 0.866. The van der Waals surface area contributed by atoms with Crippen molar-refractivity contribution in [2.24, 2.45) is 5.14 Å². The molecule has 0 aliphatic rings. The number of hydrogen-bond donors (Lipinski definition) is 1. The summed E-state index contributed by atoms with van der Waals surface area (Å²) in [5.41, 5.74) is -0.0713. The largest absolute Gasteiger partial charge is 0.495 e. The van der Waals surface area contributed by atoms with Crippen LogP contribution in [-0.4, -0.2) is 46.4 Å². The molecule has 0 aromatic heterocycles. The Kier molecular flexibility index (Phi) is 5.01. The second kappa shape index (κ2) is 6.14. The molecular formula is C11H14F2N2O4S. The minimum Gasteiger partial charge on any atom is -0.495 e. The standard InChI is InChI=1S/C11H14F2N2O4S/c1-15(6-10(12)13)11(16)7-3-4-8(19-2)9(5-7)20(14,17)18/h3-5,10H,6H2,1-2H3,(H2,14,17,18). The number of nitrogens with two attached hydrogens (primary N) is 1. The number of benzene rings is 1. The first-order valence-corrected chi connectivity index (χ1v) is 6.96. The van der Waals surface area contributed by atoms with Gasteiger partial charge in [-0.25, -0.2) is 22.3 Å². The van der Waals surface area contributed by atoms with Crippen LogP contribution in [0.3, 0.4) is 0 Å². The van der Waals surface area contributed by atoms with Crippen molar-refractivity contribution in [3.8, 4) is 5.75 Å². The Morgan fingerprint density at radius 2 is 2.05 bits per heavy atom. The first kappa shape index (κ1) is 16.3. The fourth-order valence-corrected chi connectivity index (χ4v) is 2.27. The van der Waals surface area contributed by atoms with E-state index in [2.05, 4.69) is 0 Å². The van der Waals surface area contributed by atoms with Crippen molar-refractivity contribution < 1.29 is 26.7 Å². The van der Waals surface area contributed by atoms with Gasteiger partial charge < -0.3 is 9.64 Å². The lowest BCUT2D eigenvalue weighted by Crippen LogP contribution is -2.31. The van der Waals surface area contributed by atoms with E-state index in [9.17, 15) is 22.0 Å². The minimum atomic E-state index is -4.09. The Morgan fingerprint density at radius 1 is 1.45 bits per heavy atom. The van der Waals surface area contributed by atoms with Gasteiger partial charge in [-0.3, -0.25) is 4.79 Å². The van der Waals surface area contributed by atoms with Crippen LogP contribution < -0.4 is 9.88 Å². The highest BCUT2D eigenvalue weighted by molar-refractivity contribution is 7.89. The second-order valence-electron chi connectivity index (χ2n) is 3.99. The van der Waals surface area contributed by atoms with Crippen molar-refractivity contribution in [1.29, 1.82) is 0 Å². The number of carbonyl (C=O) groups excluding carboxylic acids is 1. The van der Waals surface area contributed by atoms with E-state index < -0.39 is 28.9 Å². The summed E-state index contributed by atoms with van der Waals surface area (Å²) >= 11 is 0. The Morgan fingerprint density at radius 3 is 2.50 bits per heavy atom. The molecule has 20 heavy (non-hydrogen) atoms. The number of halogens is 2. The zero-order valence-corrected chi connectivity index (χ0v) is 11.7. The van der Waals surface area contributed by atoms with Gasteiger partial charge in [0.05, 0.1) is 13.7 Å². The molecule has 0 fully saturated rings. The Bertz CT molecular complexity index is 604. The Hall–Kier alpha value is -1.74. The predicted octanol–water partition coefficient (Wildman–Crippen LogP) is 0.680. The molecule has 1 rings (SSSR count). The highest BCUT2D eigenvalue weighted by Gasteiger charge is 2.21. The highest BCUT2D eigenvalue weighted by Crippen LogP contribution is 2.24. The fraction of sp³-hybridized carbons (Fsp3) is 0.364. The van der Waals surface area contributed by atoms with Gasteiger partial charge >= 0.3 is 0 Å². The van der Waals surface area contributed by atoms with Crippen LogP contribution in [0, 0.1) is 0 Å². The lowest BCUT2D eigenvalue weighted by atomic mass is 10.2. The van der Waals surface area contributed by atoms with Gasteiger partial charge in [-0.05, 0) is 18.2 Å². The van der Waals surface area contributed by atoms with Gasteiger partial charge in [0, 0.05) is 12.6 Å². The van der Waals surface area contributed by atoms with Crippen molar-refractivity contribution in [1.82, 2.24) is 4.90 Å². The molecule has 0 aliphatic heterocycles.